The molecule has 2 rings (SSSR count). The summed E-state index contributed by atoms with van der Waals surface area (Å²) in [6.45, 7) is 7.04. The van der Waals surface area contributed by atoms with Gasteiger partial charge in [0, 0.05) is 23.6 Å². The van der Waals surface area contributed by atoms with E-state index in [4.69, 9.17) is 11.6 Å². The molecule has 0 saturated carbocycles. The normalized spacial score (nSPS) is 12.7. The first kappa shape index (κ1) is 20.6. The molecule has 1 aromatic carbocycles. The molecular formula is C19H19BrClFN2O2. The van der Waals surface area contributed by atoms with Crippen LogP contribution >= 0.6 is 27.5 Å². The molecular weight excluding hydrogens is 423 g/mol. The standard InChI is InChI=1S/C19H19BrClFN2O2/c1-10-23-6-5-14(24-10)16(20)18(26)13-9-12(22)7-11(17(13)21)8-15(25)19(2,3)4/h5-7,9,16H,8H2,1-4H3. The van der Waals surface area contributed by atoms with Crippen molar-refractivity contribution in [3.8, 4) is 0 Å². The Morgan fingerprint density at radius 1 is 1.31 bits per heavy atom. The van der Waals surface area contributed by atoms with Crippen molar-refractivity contribution in [3.05, 3.63) is 57.9 Å². The van der Waals surface area contributed by atoms with E-state index in [-0.39, 0.29) is 22.8 Å². The molecule has 0 aliphatic rings. The average molecular weight is 442 g/mol. The van der Waals surface area contributed by atoms with Crippen LogP contribution < -0.4 is 0 Å². The molecule has 0 aliphatic heterocycles. The second-order valence-electron chi connectivity index (χ2n) is 7.03. The van der Waals surface area contributed by atoms with Gasteiger partial charge in [0.15, 0.2) is 5.78 Å². The van der Waals surface area contributed by atoms with Crippen molar-refractivity contribution < 1.29 is 14.0 Å². The van der Waals surface area contributed by atoms with Gasteiger partial charge in [-0.2, -0.15) is 0 Å². The van der Waals surface area contributed by atoms with Crippen molar-refractivity contribution in [1.82, 2.24) is 9.97 Å². The Kier molecular flexibility index (Phi) is 6.29. The third-order valence-electron chi connectivity index (χ3n) is 3.85. The number of hydrogen-bond donors (Lipinski definition) is 0. The highest BCUT2D eigenvalue weighted by molar-refractivity contribution is 9.09. The van der Waals surface area contributed by atoms with E-state index in [2.05, 4.69) is 25.9 Å². The quantitative estimate of drug-likeness (QED) is 0.481. The van der Waals surface area contributed by atoms with Crippen LogP contribution in [0.2, 0.25) is 5.02 Å². The Hall–Kier alpha value is -1.66. The fourth-order valence-corrected chi connectivity index (χ4v) is 3.05. The maximum atomic E-state index is 14.1. The maximum Gasteiger partial charge on any atom is 0.184 e. The highest BCUT2D eigenvalue weighted by Crippen LogP contribution is 2.32. The lowest BCUT2D eigenvalue weighted by Gasteiger charge is -2.18. The Balaban J connectivity index is 2.40. The van der Waals surface area contributed by atoms with Gasteiger partial charge in [-0.15, -0.1) is 0 Å². The number of rotatable bonds is 5. The number of hydrogen-bond acceptors (Lipinski definition) is 4. The van der Waals surface area contributed by atoms with E-state index in [1.165, 1.54) is 6.07 Å². The molecule has 26 heavy (non-hydrogen) atoms. The minimum absolute atomic E-state index is 0.0153. The van der Waals surface area contributed by atoms with Gasteiger partial charge in [0.25, 0.3) is 0 Å². The van der Waals surface area contributed by atoms with Gasteiger partial charge in [-0.25, -0.2) is 14.4 Å². The van der Waals surface area contributed by atoms with Gasteiger partial charge in [0.05, 0.1) is 10.7 Å². The Bertz CT molecular complexity index is 865. The SMILES string of the molecule is Cc1nccc(C(Br)C(=O)c2cc(F)cc(CC(=O)C(C)(C)C)c2Cl)n1. The van der Waals surface area contributed by atoms with Crippen molar-refractivity contribution in [2.45, 2.75) is 38.9 Å². The van der Waals surface area contributed by atoms with Gasteiger partial charge in [-0.05, 0) is 30.7 Å². The molecule has 0 amide bonds. The number of alkyl halides is 1. The number of carbonyl (C=O) groups excluding carboxylic acids is 2. The lowest BCUT2D eigenvalue weighted by Crippen LogP contribution is -2.22. The smallest absolute Gasteiger partial charge is 0.184 e. The van der Waals surface area contributed by atoms with Gasteiger partial charge in [0.1, 0.15) is 22.3 Å². The van der Waals surface area contributed by atoms with Crippen molar-refractivity contribution in [1.29, 1.82) is 0 Å². The van der Waals surface area contributed by atoms with Crippen LogP contribution in [0.15, 0.2) is 24.4 Å². The van der Waals surface area contributed by atoms with Crippen LogP contribution in [0.3, 0.4) is 0 Å². The van der Waals surface area contributed by atoms with Crippen LogP contribution in [0.25, 0.3) is 0 Å². The summed E-state index contributed by atoms with van der Waals surface area (Å²) in [7, 11) is 0. The molecule has 1 heterocycles. The molecule has 0 aliphatic carbocycles. The van der Waals surface area contributed by atoms with Crippen molar-refractivity contribution in [2.75, 3.05) is 0 Å². The molecule has 1 aromatic heterocycles. The lowest BCUT2D eigenvalue weighted by molar-refractivity contribution is -0.125. The molecule has 0 fully saturated rings. The fourth-order valence-electron chi connectivity index (χ4n) is 2.28. The molecule has 0 saturated heterocycles. The number of aryl methyl sites for hydroxylation is 1. The summed E-state index contributed by atoms with van der Waals surface area (Å²) in [5.41, 5.74) is 0.182. The van der Waals surface area contributed by atoms with Crippen LogP contribution in [-0.2, 0) is 11.2 Å². The third kappa shape index (κ3) is 4.74. The van der Waals surface area contributed by atoms with E-state index in [0.717, 1.165) is 6.07 Å². The fraction of sp³-hybridized carbons (Fsp3) is 0.368. The summed E-state index contributed by atoms with van der Waals surface area (Å²) >= 11 is 9.64. The topological polar surface area (TPSA) is 59.9 Å². The lowest BCUT2D eigenvalue weighted by atomic mass is 9.86. The van der Waals surface area contributed by atoms with E-state index in [1.807, 2.05) is 0 Å². The molecule has 0 N–H and O–H groups in total. The van der Waals surface area contributed by atoms with Gasteiger partial charge in [-0.3, -0.25) is 9.59 Å². The summed E-state index contributed by atoms with van der Waals surface area (Å²) in [6, 6.07) is 3.88. The van der Waals surface area contributed by atoms with Gasteiger partial charge in [-0.1, -0.05) is 48.3 Å². The van der Waals surface area contributed by atoms with E-state index in [1.54, 1.807) is 40.0 Å². The molecule has 0 radical (unpaired) electrons. The summed E-state index contributed by atoms with van der Waals surface area (Å²) in [6.07, 6.45) is 1.50. The van der Waals surface area contributed by atoms with Crippen LogP contribution in [0.4, 0.5) is 4.39 Å². The van der Waals surface area contributed by atoms with Crippen LogP contribution in [-0.4, -0.2) is 21.5 Å². The van der Waals surface area contributed by atoms with Gasteiger partial charge in [0.2, 0.25) is 0 Å². The number of Topliss-reactive ketones (excluding diaryl/α,β-unsaturated/α-hetero) is 2. The van der Waals surface area contributed by atoms with Crippen molar-refractivity contribution in [2.24, 2.45) is 5.41 Å². The second kappa shape index (κ2) is 7.92. The average Bonchev–Trinajstić information content (AvgIpc) is 2.55. The summed E-state index contributed by atoms with van der Waals surface area (Å²) < 4.78 is 14.1. The van der Waals surface area contributed by atoms with Crippen molar-refractivity contribution in [3.63, 3.8) is 0 Å². The number of halogens is 3. The highest BCUT2D eigenvalue weighted by Gasteiger charge is 2.27. The molecule has 4 nitrogen and oxygen atoms in total. The Morgan fingerprint density at radius 3 is 2.54 bits per heavy atom. The summed E-state index contributed by atoms with van der Waals surface area (Å²) in [5, 5.41) is 0.0872. The molecule has 0 spiro atoms. The zero-order valence-corrected chi connectivity index (χ0v) is 17.3. The second-order valence-corrected chi connectivity index (χ2v) is 8.33. The zero-order valence-electron chi connectivity index (χ0n) is 14.9. The number of ketones is 2. The number of aromatic nitrogens is 2. The third-order valence-corrected chi connectivity index (χ3v) is 5.18. The summed E-state index contributed by atoms with van der Waals surface area (Å²) in [4.78, 5) is 32.5. The largest absolute Gasteiger partial charge is 0.299 e. The minimum atomic E-state index is -0.797. The first-order chi connectivity index (χ1) is 12.0. The molecule has 7 heteroatoms. The van der Waals surface area contributed by atoms with Gasteiger partial charge < -0.3 is 0 Å². The van der Waals surface area contributed by atoms with Crippen LogP contribution in [0, 0.1) is 18.2 Å². The Morgan fingerprint density at radius 2 is 1.96 bits per heavy atom. The molecule has 1 unspecified atom stereocenters. The first-order valence-electron chi connectivity index (χ1n) is 7.99. The van der Waals surface area contributed by atoms with Crippen LogP contribution in [0.1, 0.15) is 53.0 Å². The predicted octanol–water partition coefficient (Wildman–Crippen LogP) is 5.05. The highest BCUT2D eigenvalue weighted by atomic mass is 79.9. The van der Waals surface area contributed by atoms with E-state index in [9.17, 15) is 14.0 Å². The van der Waals surface area contributed by atoms with Crippen LogP contribution in [0.5, 0.6) is 0 Å². The number of benzene rings is 1. The monoisotopic (exact) mass is 440 g/mol. The van der Waals surface area contributed by atoms with E-state index >= 15 is 0 Å². The minimum Gasteiger partial charge on any atom is -0.299 e. The van der Waals surface area contributed by atoms with Gasteiger partial charge >= 0.3 is 0 Å². The first-order valence-corrected chi connectivity index (χ1v) is 9.29. The molecule has 1 atom stereocenters. The number of nitrogens with zero attached hydrogens (tertiary/aromatic N) is 2. The molecule has 2 aromatic rings. The van der Waals surface area contributed by atoms with E-state index < -0.39 is 21.8 Å². The van der Waals surface area contributed by atoms with Crippen molar-refractivity contribution >= 4 is 39.1 Å². The molecule has 0 bridgehead atoms. The predicted molar refractivity (Wildman–Crippen MR) is 102 cm³/mol. The Labute approximate surface area is 165 Å². The number of carbonyl (C=O) groups is 2. The van der Waals surface area contributed by atoms with E-state index in [0.29, 0.717) is 17.1 Å². The zero-order chi connectivity index (χ0) is 19.6. The molecule has 138 valence electrons. The summed E-state index contributed by atoms with van der Waals surface area (Å²) in [5.74, 6) is -0.628. The maximum absolute atomic E-state index is 14.1.